The summed E-state index contributed by atoms with van der Waals surface area (Å²) >= 11 is 0. The van der Waals surface area contributed by atoms with Crippen LogP contribution in [0.15, 0.2) is 28.0 Å². The number of nitrogens with zero attached hydrogens (tertiary/aromatic N) is 1. The van der Waals surface area contributed by atoms with Crippen LogP contribution in [0.3, 0.4) is 0 Å². The molecule has 0 bridgehead atoms. The first-order valence-electron chi connectivity index (χ1n) is 7.58. The fourth-order valence-corrected chi connectivity index (χ4v) is 3.80. The largest absolute Gasteiger partial charge is 0.397 e. The van der Waals surface area contributed by atoms with Crippen LogP contribution in [0.4, 0.5) is 10.5 Å². The quantitative estimate of drug-likeness (QED) is 0.0796. The number of amides is 3. The summed E-state index contributed by atoms with van der Waals surface area (Å²) in [5, 5.41) is -0.164. The fourth-order valence-electron chi connectivity index (χ4n) is 2.60. The Morgan fingerprint density at radius 3 is 2.17 bits per heavy atom. The maximum absolute atomic E-state index is 12.8. The summed E-state index contributed by atoms with van der Waals surface area (Å²) in [4.78, 5) is 33.9. The molecule has 8 N–H and O–H groups in total. The van der Waals surface area contributed by atoms with E-state index in [9.17, 15) is 40.3 Å². The first kappa shape index (κ1) is 23.0. The summed E-state index contributed by atoms with van der Waals surface area (Å²) in [5.41, 5.74) is 7.71. The zero-order chi connectivity index (χ0) is 23.0. The fraction of sp³-hybridized carbons (Fsp3) is 0.0714. The number of hydrazine groups is 2. The summed E-state index contributed by atoms with van der Waals surface area (Å²) in [6, 6.07) is 1.07. The normalized spacial score (nSPS) is 11.7. The van der Waals surface area contributed by atoms with Crippen LogP contribution < -0.4 is 22.4 Å². The Morgan fingerprint density at radius 1 is 1.10 bits per heavy atom. The Kier molecular flexibility index (Phi) is 6.00. The highest BCUT2D eigenvalue weighted by Gasteiger charge is 2.27. The molecule has 16 heteroatoms. The monoisotopic (exact) mass is 461 g/mol. The zero-order valence-electron chi connectivity index (χ0n) is 15.0. The molecule has 30 heavy (non-hydrogen) atoms. The van der Waals surface area contributed by atoms with E-state index in [1.54, 1.807) is 5.43 Å². The van der Waals surface area contributed by atoms with Gasteiger partial charge in [-0.3, -0.25) is 29.1 Å². The molecule has 14 nitrogen and oxygen atoms in total. The Balaban J connectivity index is 3.00. The summed E-state index contributed by atoms with van der Waals surface area (Å²) in [7, 11) is -8.82. The highest BCUT2D eigenvalue weighted by atomic mass is 32.2. The molecule has 2 aromatic carbocycles. The summed E-state index contributed by atoms with van der Waals surface area (Å²) < 4.78 is 65.2. The van der Waals surface area contributed by atoms with E-state index in [1.165, 1.54) is 0 Å². The molecule has 0 spiro atoms. The molecule has 3 amide bonds. The second-order valence-corrected chi connectivity index (χ2v) is 8.60. The first-order chi connectivity index (χ1) is 13.7. The third-order valence-corrected chi connectivity index (χ3v) is 5.61. The van der Waals surface area contributed by atoms with Crippen molar-refractivity contribution in [3.8, 4) is 0 Å². The van der Waals surface area contributed by atoms with Gasteiger partial charge in [-0.2, -0.15) is 16.8 Å². The molecule has 162 valence electrons. The molecular formula is C14H15N5O9S2. The summed E-state index contributed by atoms with van der Waals surface area (Å²) in [5.74, 6) is 3.81. The lowest BCUT2D eigenvalue weighted by molar-refractivity contribution is 0.0736. The molecule has 0 aromatic heterocycles. The number of fused-ring (bicyclic) bond motifs is 1. The van der Waals surface area contributed by atoms with Crippen LogP contribution in [-0.4, -0.2) is 56.2 Å². The van der Waals surface area contributed by atoms with E-state index >= 15 is 0 Å². The second-order valence-electron chi connectivity index (χ2n) is 5.79. The molecule has 0 aliphatic carbocycles. The molecule has 0 saturated carbocycles. The molecule has 0 saturated heterocycles. The lowest BCUT2D eigenvalue weighted by Gasteiger charge is -2.20. The Bertz CT molecular complexity index is 1290. The van der Waals surface area contributed by atoms with Crippen molar-refractivity contribution >= 4 is 54.9 Å². The minimum atomic E-state index is -4.94. The van der Waals surface area contributed by atoms with Crippen LogP contribution in [0.2, 0.25) is 0 Å². The van der Waals surface area contributed by atoms with Crippen molar-refractivity contribution < 1.29 is 40.3 Å². The van der Waals surface area contributed by atoms with Gasteiger partial charge in [0.25, 0.3) is 26.1 Å². The van der Waals surface area contributed by atoms with Crippen molar-refractivity contribution in [2.24, 2.45) is 5.84 Å². The first-order valence-corrected chi connectivity index (χ1v) is 10.5. The van der Waals surface area contributed by atoms with Crippen molar-refractivity contribution in [2.75, 3.05) is 12.8 Å². The average Bonchev–Trinajstić information content (AvgIpc) is 2.65. The van der Waals surface area contributed by atoms with E-state index < -0.39 is 64.2 Å². The van der Waals surface area contributed by atoms with Gasteiger partial charge in [0.05, 0.1) is 16.1 Å². The molecule has 0 fully saturated rings. The van der Waals surface area contributed by atoms with Gasteiger partial charge in [0, 0.05) is 23.4 Å². The molecule has 0 aliphatic rings. The molecular weight excluding hydrogens is 446 g/mol. The van der Waals surface area contributed by atoms with Crippen LogP contribution in [0.1, 0.15) is 20.7 Å². The van der Waals surface area contributed by atoms with Crippen molar-refractivity contribution in [3.05, 3.63) is 29.3 Å². The maximum atomic E-state index is 12.8. The molecule has 2 aromatic rings. The highest BCUT2D eigenvalue weighted by molar-refractivity contribution is 7.86. The number of aldehydes is 1. The van der Waals surface area contributed by atoms with Crippen LogP contribution in [0.5, 0.6) is 0 Å². The smallest absolute Gasteiger partial charge is 0.347 e. The van der Waals surface area contributed by atoms with Gasteiger partial charge in [-0.05, 0) is 18.2 Å². The molecule has 0 radical (unpaired) electrons. The van der Waals surface area contributed by atoms with Crippen molar-refractivity contribution in [3.63, 3.8) is 0 Å². The SMILES string of the molecule is CN(NC(=O)NN)C(=O)c1cc(S(=O)(=O)O)cc2c(N)c(S(=O)(=O)O)cc(C=O)c12. The van der Waals surface area contributed by atoms with Crippen LogP contribution in [0, 0.1) is 0 Å². The zero-order valence-corrected chi connectivity index (χ0v) is 16.6. The lowest BCUT2D eigenvalue weighted by Crippen LogP contribution is -2.50. The molecule has 0 unspecified atom stereocenters. The number of anilines is 1. The number of rotatable bonds is 4. The third kappa shape index (κ3) is 4.31. The number of carbonyl (C=O) groups excluding carboxylic acids is 3. The highest BCUT2D eigenvalue weighted by Crippen LogP contribution is 2.35. The number of hydrogen-bond acceptors (Lipinski definition) is 9. The Morgan fingerprint density at radius 2 is 1.70 bits per heavy atom. The Labute approximate surface area is 169 Å². The number of carbonyl (C=O) groups is 3. The third-order valence-electron chi connectivity index (χ3n) is 3.88. The number of nitrogens with one attached hydrogen (secondary N) is 2. The van der Waals surface area contributed by atoms with Crippen molar-refractivity contribution in [1.29, 1.82) is 0 Å². The van der Waals surface area contributed by atoms with Crippen LogP contribution in [-0.2, 0) is 20.2 Å². The average molecular weight is 461 g/mol. The summed E-state index contributed by atoms with van der Waals surface area (Å²) in [6.45, 7) is 0. The van der Waals surface area contributed by atoms with E-state index in [0.29, 0.717) is 17.1 Å². The molecule has 0 atom stereocenters. The van der Waals surface area contributed by atoms with E-state index in [2.05, 4.69) is 0 Å². The Hall–Kier alpha value is -3.31. The van der Waals surface area contributed by atoms with Gasteiger partial charge in [-0.25, -0.2) is 16.1 Å². The van der Waals surface area contributed by atoms with E-state index in [4.69, 9.17) is 11.6 Å². The minimum absolute atomic E-state index is 0.139. The van der Waals surface area contributed by atoms with Gasteiger partial charge >= 0.3 is 6.03 Å². The number of nitrogens with two attached hydrogens (primary N) is 2. The van der Waals surface area contributed by atoms with E-state index in [1.807, 2.05) is 5.43 Å². The standard InChI is InChI=1S/C14H15N5O9S2/c1-19(18-14(22)17-16)13(21)9-4-7(29(23,24)25)3-8-11(9)6(5-20)2-10(12(8)15)30(26,27)28/h2-5H,15-16H2,1H3,(H2,17,18,22)(H,23,24,25)(H,26,27,28). The van der Waals surface area contributed by atoms with Gasteiger partial charge < -0.3 is 5.73 Å². The molecule has 0 heterocycles. The number of nitrogen functional groups attached to an aromatic ring is 1. The van der Waals surface area contributed by atoms with Gasteiger partial charge in [0.15, 0.2) is 6.29 Å². The van der Waals surface area contributed by atoms with Gasteiger partial charge in [0.2, 0.25) is 0 Å². The minimum Gasteiger partial charge on any atom is -0.397 e. The van der Waals surface area contributed by atoms with E-state index in [-0.39, 0.29) is 11.7 Å². The van der Waals surface area contributed by atoms with Crippen LogP contribution >= 0.6 is 0 Å². The molecule has 0 aliphatic heterocycles. The van der Waals surface area contributed by atoms with E-state index in [0.717, 1.165) is 13.1 Å². The number of urea groups is 1. The lowest BCUT2D eigenvalue weighted by atomic mass is 9.97. The van der Waals surface area contributed by atoms with Gasteiger partial charge in [-0.1, -0.05) is 0 Å². The predicted octanol–water partition coefficient (Wildman–Crippen LogP) is -1.11. The van der Waals surface area contributed by atoms with Crippen molar-refractivity contribution in [2.45, 2.75) is 9.79 Å². The van der Waals surface area contributed by atoms with Crippen LogP contribution in [0.25, 0.3) is 10.8 Å². The summed E-state index contributed by atoms with van der Waals surface area (Å²) in [6.07, 6.45) is 0.139. The maximum Gasteiger partial charge on any atom is 0.347 e. The second kappa shape index (κ2) is 7.84. The van der Waals surface area contributed by atoms with Gasteiger partial charge in [0.1, 0.15) is 4.90 Å². The van der Waals surface area contributed by atoms with Crippen molar-refractivity contribution in [1.82, 2.24) is 15.9 Å². The number of hydrogen-bond donors (Lipinski definition) is 6. The topological polar surface area (TPSA) is 239 Å². The van der Waals surface area contributed by atoms with Gasteiger partial charge in [-0.15, -0.1) is 0 Å². The molecule has 2 rings (SSSR count). The predicted molar refractivity (Wildman–Crippen MR) is 101 cm³/mol. The number of benzene rings is 2.